The van der Waals surface area contributed by atoms with Crippen molar-refractivity contribution < 1.29 is 75.8 Å². The van der Waals surface area contributed by atoms with E-state index in [9.17, 15) is 43.5 Å². The molecule has 4 N–H and O–H groups in total. The zero-order valence-electron chi connectivity index (χ0n) is 59.2. The molecule has 0 aromatic rings. The average molecular weight is 1390 g/mol. The van der Waals surface area contributed by atoms with E-state index in [1.165, 1.54) is 0 Å². The molecule has 0 amide bonds. The third-order valence-corrected chi connectivity index (χ3v) is 15.7. The molecule has 546 valence electrons. The van der Waals surface area contributed by atoms with Crippen molar-refractivity contribution in [3.63, 3.8) is 0 Å². The van der Waals surface area contributed by atoms with Crippen molar-refractivity contribution in [2.45, 2.75) is 245 Å². The van der Waals surface area contributed by atoms with Crippen molar-refractivity contribution in [3.8, 4) is 0 Å². The highest BCUT2D eigenvalue weighted by Crippen LogP contribution is 2.45. The molecule has 5 unspecified atom stereocenters. The first-order chi connectivity index (χ1) is 47.2. The maximum atomic E-state index is 13.0. The Morgan fingerprint density at radius 1 is 0.289 bits per heavy atom. The van der Waals surface area contributed by atoms with Crippen LogP contribution in [0.3, 0.4) is 0 Å². The summed E-state index contributed by atoms with van der Waals surface area (Å²) in [5.74, 6) is -1.70. The van der Waals surface area contributed by atoms with Crippen LogP contribution in [0.25, 0.3) is 0 Å². The monoisotopic (exact) mass is 1390 g/mol. The van der Waals surface area contributed by atoms with Gasteiger partial charge in [0.1, 0.15) is 25.4 Å². The quantitative estimate of drug-likeness (QED) is 0.0146. The van der Waals surface area contributed by atoms with Crippen LogP contribution in [0.15, 0.2) is 194 Å². The lowest BCUT2D eigenvalue weighted by Crippen LogP contribution is -2.30. The maximum absolute atomic E-state index is 13.0. The first kappa shape index (κ1) is 91.4. The summed E-state index contributed by atoms with van der Waals surface area (Å²) in [5.41, 5.74) is 0. The van der Waals surface area contributed by atoms with E-state index in [-0.39, 0.29) is 19.3 Å². The number of aliphatic hydroxyl groups excluding tert-OH is 2. The Kier molecular flexibility index (Phi) is 66.2. The number of ether oxygens (including phenoxy) is 3. The molecule has 16 nitrogen and oxygen atoms in total. The number of esters is 3. The second-order valence-corrected chi connectivity index (χ2v) is 25.8. The number of hydrogen-bond donors (Lipinski definition) is 4. The molecule has 0 bridgehead atoms. The van der Waals surface area contributed by atoms with Gasteiger partial charge >= 0.3 is 33.6 Å². The Hall–Kier alpha value is -5.61. The SMILES string of the molecule is CC/C=C\C/C=C\C/C=C\C/C=C\C/C=C\C/C=C\CCCCC(=O)OCC(O)COP(=O)(O)OCC(O)COP(=O)(O)OCC(COC(=O)CCCC/C=C\C/C=C\C/C=C\C/C=C\C/C=C\C/C=C\CC)OC(=O)CCCCCCCC/C=C\C/C=C\C/C=C\C/C=C\CC. The molecule has 0 aliphatic rings. The third kappa shape index (κ3) is 71.5. The topological polar surface area (TPSA) is 231 Å². The van der Waals surface area contributed by atoms with Crippen LogP contribution >= 0.6 is 15.6 Å². The van der Waals surface area contributed by atoms with Crippen LogP contribution in [0.2, 0.25) is 0 Å². The van der Waals surface area contributed by atoms with E-state index in [1.807, 2.05) is 0 Å². The molecule has 0 aliphatic carbocycles. The summed E-state index contributed by atoms with van der Waals surface area (Å²) in [6.45, 7) is 2.17. The molecule has 5 atom stereocenters. The summed E-state index contributed by atoms with van der Waals surface area (Å²) in [5, 5.41) is 20.6. The minimum atomic E-state index is -4.96. The third-order valence-electron chi connectivity index (χ3n) is 13.8. The Morgan fingerprint density at radius 2 is 0.515 bits per heavy atom. The first-order valence-corrected chi connectivity index (χ1v) is 38.7. The number of unbranched alkanes of at least 4 members (excludes halogenated alkanes) is 10. The van der Waals surface area contributed by atoms with E-state index in [0.717, 1.165) is 167 Å². The summed E-state index contributed by atoms with van der Waals surface area (Å²) in [6.07, 6.45) is 90.5. The van der Waals surface area contributed by atoms with E-state index in [2.05, 4.69) is 215 Å². The Morgan fingerprint density at radius 3 is 0.835 bits per heavy atom. The molecule has 0 saturated carbocycles. The van der Waals surface area contributed by atoms with E-state index in [4.69, 9.17) is 32.3 Å². The lowest BCUT2D eigenvalue weighted by Gasteiger charge is -2.21. The van der Waals surface area contributed by atoms with E-state index < -0.39 is 91.5 Å². The second kappa shape index (κ2) is 70.3. The van der Waals surface area contributed by atoms with Crippen molar-refractivity contribution in [1.29, 1.82) is 0 Å². The first-order valence-electron chi connectivity index (χ1n) is 35.7. The molecule has 0 rings (SSSR count). The highest BCUT2D eigenvalue weighted by molar-refractivity contribution is 7.47. The minimum absolute atomic E-state index is 0.0681. The van der Waals surface area contributed by atoms with E-state index >= 15 is 0 Å². The molecule has 0 saturated heterocycles. The van der Waals surface area contributed by atoms with Gasteiger partial charge in [-0.15, -0.1) is 0 Å². The van der Waals surface area contributed by atoms with Crippen LogP contribution in [0.5, 0.6) is 0 Å². The summed E-state index contributed by atoms with van der Waals surface area (Å²) < 4.78 is 60.9. The molecular formula is C79H124O16P2. The molecule has 97 heavy (non-hydrogen) atoms. The van der Waals surface area contributed by atoms with Crippen molar-refractivity contribution in [1.82, 2.24) is 0 Å². The van der Waals surface area contributed by atoms with Gasteiger partial charge in [0.2, 0.25) is 0 Å². The lowest BCUT2D eigenvalue weighted by molar-refractivity contribution is -0.161. The van der Waals surface area contributed by atoms with Gasteiger partial charge in [-0.3, -0.25) is 32.5 Å². The van der Waals surface area contributed by atoms with Gasteiger partial charge < -0.3 is 34.2 Å². The lowest BCUT2D eigenvalue weighted by atomic mass is 10.1. The average Bonchev–Trinajstić information content (AvgIpc) is 1.90. The zero-order chi connectivity index (χ0) is 70.9. The Balaban J connectivity index is 4.85. The summed E-state index contributed by atoms with van der Waals surface area (Å²) in [4.78, 5) is 58.5. The molecule has 18 heteroatoms. The number of rotatable bonds is 65. The Labute approximate surface area is 585 Å². The minimum Gasteiger partial charge on any atom is -0.463 e. The van der Waals surface area contributed by atoms with Crippen molar-refractivity contribution in [2.24, 2.45) is 0 Å². The number of phosphoric acid groups is 2. The van der Waals surface area contributed by atoms with Crippen LogP contribution in [0, 0.1) is 0 Å². The number of aliphatic hydroxyl groups is 2. The highest BCUT2D eigenvalue weighted by atomic mass is 31.2. The van der Waals surface area contributed by atoms with Gasteiger partial charge in [-0.1, -0.05) is 241 Å². The number of allylic oxidation sites excluding steroid dienone is 32. The summed E-state index contributed by atoms with van der Waals surface area (Å²) >= 11 is 0. The standard InChI is InChI=1S/C79H124O16P2/c1-4-7-10-13-16-19-22-25-28-31-34-36-39-41-44-47-50-53-56-59-62-65-77(82)89-68-74(80)69-91-96(85,86)92-70-75(81)71-93-97(87,88)94-73-76(95-79(84)67-64-61-58-55-52-49-46-43-38-33-30-27-24-21-18-15-12-9-6-3)72-90-78(83)66-63-60-57-54-51-48-45-42-40-37-35-32-29-26-23-20-17-14-11-8-5-2/h7-12,16-21,25-30,34-38,41-45,50-51,53-54,74-76,80-81H,4-6,13-15,22-24,31-33,39-40,46-49,52,55-73H2,1-3H3,(H,85,86)(H,87,88)/b10-7-,11-8-,12-9-,19-16-,20-17-,21-18-,28-25-,29-26-,30-27-,36-34-,37-35-,43-38-,44-41-,45-42-,53-50-,54-51-. The molecule has 0 fully saturated rings. The maximum Gasteiger partial charge on any atom is 0.472 e. The summed E-state index contributed by atoms with van der Waals surface area (Å²) in [6, 6.07) is 0. The number of carbonyl (C=O) groups is 3. The number of hydrogen-bond acceptors (Lipinski definition) is 14. The number of phosphoric ester groups is 2. The van der Waals surface area contributed by atoms with E-state index in [0.29, 0.717) is 19.3 Å². The summed E-state index contributed by atoms with van der Waals surface area (Å²) in [7, 11) is -9.84. The van der Waals surface area contributed by atoms with E-state index in [1.54, 1.807) is 0 Å². The van der Waals surface area contributed by atoms with Gasteiger partial charge in [-0.05, 0) is 161 Å². The Bertz CT molecular complexity index is 2540. The van der Waals surface area contributed by atoms with Crippen LogP contribution in [-0.2, 0) is 55.8 Å². The van der Waals surface area contributed by atoms with Crippen molar-refractivity contribution in [3.05, 3.63) is 194 Å². The molecule has 0 heterocycles. The predicted octanol–water partition coefficient (Wildman–Crippen LogP) is 20.4. The molecular weight excluding hydrogens is 1270 g/mol. The van der Waals surface area contributed by atoms with Crippen LogP contribution in [-0.4, -0.2) is 95.9 Å². The van der Waals surface area contributed by atoms with Crippen molar-refractivity contribution in [2.75, 3.05) is 39.6 Å². The van der Waals surface area contributed by atoms with Gasteiger partial charge in [0.05, 0.1) is 26.4 Å². The fourth-order valence-electron chi connectivity index (χ4n) is 8.45. The number of carbonyl (C=O) groups excluding carboxylic acids is 3. The van der Waals surface area contributed by atoms with Gasteiger partial charge in [0.15, 0.2) is 6.10 Å². The van der Waals surface area contributed by atoms with Crippen LogP contribution < -0.4 is 0 Å². The molecule has 0 aromatic heterocycles. The molecule has 0 radical (unpaired) electrons. The zero-order valence-corrected chi connectivity index (χ0v) is 60.9. The van der Waals surface area contributed by atoms with Gasteiger partial charge in [0, 0.05) is 19.3 Å². The van der Waals surface area contributed by atoms with Crippen molar-refractivity contribution >= 4 is 33.6 Å². The highest BCUT2D eigenvalue weighted by Gasteiger charge is 2.29. The van der Waals surface area contributed by atoms with Gasteiger partial charge in [-0.2, -0.15) is 0 Å². The molecule has 0 spiro atoms. The van der Waals surface area contributed by atoms with Crippen LogP contribution in [0.4, 0.5) is 0 Å². The van der Waals surface area contributed by atoms with Crippen LogP contribution in [0.1, 0.15) is 226 Å². The van der Waals surface area contributed by atoms with Gasteiger partial charge in [0.25, 0.3) is 0 Å². The normalized spacial score (nSPS) is 15.2. The fourth-order valence-corrected chi connectivity index (χ4v) is 10.0. The smallest absolute Gasteiger partial charge is 0.463 e. The molecule has 0 aromatic carbocycles. The molecule has 0 aliphatic heterocycles. The second-order valence-electron chi connectivity index (χ2n) is 22.9. The largest absolute Gasteiger partial charge is 0.472 e. The van der Waals surface area contributed by atoms with Gasteiger partial charge in [-0.25, -0.2) is 9.13 Å². The predicted molar refractivity (Wildman–Crippen MR) is 398 cm³/mol. The fraction of sp³-hybridized carbons (Fsp3) is 0.557.